The summed E-state index contributed by atoms with van der Waals surface area (Å²) in [5.41, 5.74) is 3.36. The third kappa shape index (κ3) is 7.02. The number of amides is 1. The Balaban J connectivity index is 2.13. The van der Waals surface area contributed by atoms with Gasteiger partial charge in [0.2, 0.25) is 0 Å². The SMILES string of the molecule is C=CCOc1ccc(C(=O)N/N=C/c2cc(Br)c(OCC(=O)O)c(OCC)c2)cc1OC. The van der Waals surface area contributed by atoms with Crippen molar-refractivity contribution >= 4 is 34.0 Å². The molecule has 0 atom stereocenters. The molecule has 0 saturated heterocycles. The molecule has 32 heavy (non-hydrogen) atoms. The highest BCUT2D eigenvalue weighted by Crippen LogP contribution is 2.36. The number of methoxy groups -OCH3 is 1. The quantitative estimate of drug-likeness (QED) is 0.256. The van der Waals surface area contributed by atoms with E-state index in [0.717, 1.165) is 0 Å². The summed E-state index contributed by atoms with van der Waals surface area (Å²) in [7, 11) is 1.48. The van der Waals surface area contributed by atoms with Crippen LogP contribution in [0.25, 0.3) is 0 Å². The van der Waals surface area contributed by atoms with Gasteiger partial charge in [-0.05, 0) is 58.7 Å². The molecular weight excluding hydrogens is 484 g/mol. The summed E-state index contributed by atoms with van der Waals surface area (Å²) in [5.74, 6) is -0.0429. The third-order valence-electron chi connectivity index (χ3n) is 3.83. The summed E-state index contributed by atoms with van der Waals surface area (Å²) in [6.07, 6.45) is 3.03. The molecule has 1 amide bonds. The maximum atomic E-state index is 12.4. The van der Waals surface area contributed by atoms with E-state index in [9.17, 15) is 9.59 Å². The highest BCUT2D eigenvalue weighted by Gasteiger charge is 2.14. The fourth-order valence-corrected chi connectivity index (χ4v) is 3.08. The second-order valence-corrected chi connectivity index (χ2v) is 6.96. The van der Waals surface area contributed by atoms with Gasteiger partial charge in [0.05, 0.1) is 24.4 Å². The third-order valence-corrected chi connectivity index (χ3v) is 4.42. The van der Waals surface area contributed by atoms with Crippen molar-refractivity contribution in [2.24, 2.45) is 5.10 Å². The number of benzene rings is 2. The highest BCUT2D eigenvalue weighted by molar-refractivity contribution is 9.10. The van der Waals surface area contributed by atoms with Gasteiger partial charge in [0.1, 0.15) is 6.61 Å². The number of carbonyl (C=O) groups excluding carboxylic acids is 1. The van der Waals surface area contributed by atoms with Crippen molar-refractivity contribution < 1.29 is 33.6 Å². The molecule has 0 aliphatic carbocycles. The Morgan fingerprint density at radius 2 is 1.94 bits per heavy atom. The van der Waals surface area contributed by atoms with Gasteiger partial charge in [-0.3, -0.25) is 4.79 Å². The minimum atomic E-state index is -1.11. The van der Waals surface area contributed by atoms with Crippen LogP contribution in [0.1, 0.15) is 22.8 Å². The van der Waals surface area contributed by atoms with Gasteiger partial charge in [-0.25, -0.2) is 10.2 Å². The number of halogens is 1. The number of hydrogen-bond acceptors (Lipinski definition) is 7. The molecule has 2 N–H and O–H groups in total. The molecular formula is C22H23BrN2O7. The van der Waals surface area contributed by atoms with Crippen LogP contribution >= 0.6 is 15.9 Å². The number of hydrogen-bond donors (Lipinski definition) is 2. The molecule has 0 spiro atoms. The van der Waals surface area contributed by atoms with E-state index in [4.69, 9.17) is 24.1 Å². The lowest BCUT2D eigenvalue weighted by atomic mass is 10.2. The van der Waals surface area contributed by atoms with Crippen molar-refractivity contribution in [1.82, 2.24) is 5.43 Å². The smallest absolute Gasteiger partial charge is 0.341 e. The fourth-order valence-electron chi connectivity index (χ4n) is 2.51. The van der Waals surface area contributed by atoms with Crippen LogP contribution in [0, 0.1) is 0 Å². The van der Waals surface area contributed by atoms with Crippen LogP contribution in [0.4, 0.5) is 0 Å². The first kappa shape index (κ1) is 24.7. The van der Waals surface area contributed by atoms with Gasteiger partial charge in [0.25, 0.3) is 5.91 Å². The monoisotopic (exact) mass is 506 g/mol. The van der Waals surface area contributed by atoms with E-state index in [0.29, 0.717) is 46.1 Å². The Labute approximate surface area is 193 Å². The van der Waals surface area contributed by atoms with Gasteiger partial charge >= 0.3 is 5.97 Å². The van der Waals surface area contributed by atoms with Gasteiger partial charge in [-0.1, -0.05) is 12.7 Å². The van der Waals surface area contributed by atoms with Crippen molar-refractivity contribution in [1.29, 1.82) is 0 Å². The minimum Gasteiger partial charge on any atom is -0.493 e. The number of rotatable bonds is 12. The predicted molar refractivity (Wildman–Crippen MR) is 122 cm³/mol. The summed E-state index contributed by atoms with van der Waals surface area (Å²) in [6, 6.07) is 8.04. The molecule has 10 heteroatoms. The molecule has 2 rings (SSSR count). The molecule has 0 fully saturated rings. The van der Waals surface area contributed by atoms with Crippen LogP contribution in [0.5, 0.6) is 23.0 Å². The van der Waals surface area contributed by atoms with Crippen LogP contribution in [-0.4, -0.2) is 50.1 Å². The molecule has 0 saturated carbocycles. The molecule has 0 aliphatic rings. The molecule has 9 nitrogen and oxygen atoms in total. The summed E-state index contributed by atoms with van der Waals surface area (Å²) >= 11 is 3.34. The summed E-state index contributed by atoms with van der Waals surface area (Å²) in [4.78, 5) is 23.2. The van der Waals surface area contributed by atoms with Gasteiger partial charge in [-0.15, -0.1) is 0 Å². The number of hydrazone groups is 1. The first-order valence-corrected chi connectivity index (χ1v) is 10.2. The van der Waals surface area contributed by atoms with Crippen LogP contribution in [0.15, 0.2) is 52.6 Å². The lowest BCUT2D eigenvalue weighted by Crippen LogP contribution is -2.17. The minimum absolute atomic E-state index is 0.265. The van der Waals surface area contributed by atoms with E-state index in [2.05, 4.69) is 33.0 Å². The van der Waals surface area contributed by atoms with Crippen LogP contribution < -0.4 is 24.4 Å². The fraction of sp³-hybridized carbons (Fsp3) is 0.227. The Morgan fingerprint density at radius 3 is 2.59 bits per heavy atom. The highest BCUT2D eigenvalue weighted by atomic mass is 79.9. The zero-order valence-corrected chi connectivity index (χ0v) is 19.2. The van der Waals surface area contributed by atoms with E-state index in [1.54, 1.807) is 43.3 Å². The maximum absolute atomic E-state index is 12.4. The lowest BCUT2D eigenvalue weighted by molar-refractivity contribution is -0.139. The van der Waals surface area contributed by atoms with E-state index in [1.807, 2.05) is 0 Å². The Bertz CT molecular complexity index is 1010. The molecule has 0 bridgehead atoms. The molecule has 2 aromatic carbocycles. The molecule has 0 aromatic heterocycles. The first-order valence-electron chi connectivity index (χ1n) is 9.45. The van der Waals surface area contributed by atoms with Crippen LogP contribution in [0.2, 0.25) is 0 Å². The van der Waals surface area contributed by atoms with E-state index in [1.165, 1.54) is 13.3 Å². The van der Waals surface area contributed by atoms with E-state index in [-0.39, 0.29) is 5.75 Å². The van der Waals surface area contributed by atoms with E-state index < -0.39 is 18.5 Å². The molecule has 0 aliphatic heterocycles. The Morgan fingerprint density at radius 1 is 1.16 bits per heavy atom. The van der Waals surface area contributed by atoms with Crippen molar-refractivity contribution in [3.8, 4) is 23.0 Å². The largest absolute Gasteiger partial charge is 0.493 e. The summed E-state index contributed by atoms with van der Waals surface area (Å²) < 4.78 is 22.0. The Kier molecular flexibility index (Phi) is 9.55. The summed E-state index contributed by atoms with van der Waals surface area (Å²) in [6.45, 7) is 5.53. The van der Waals surface area contributed by atoms with Crippen molar-refractivity contribution in [3.05, 3.63) is 58.6 Å². The average Bonchev–Trinajstić information content (AvgIpc) is 2.77. The average molecular weight is 507 g/mol. The molecule has 0 unspecified atom stereocenters. The number of nitrogens with one attached hydrogen (secondary N) is 1. The maximum Gasteiger partial charge on any atom is 0.341 e. The van der Waals surface area contributed by atoms with Gasteiger partial charge in [-0.2, -0.15) is 5.10 Å². The van der Waals surface area contributed by atoms with Crippen LogP contribution in [0.3, 0.4) is 0 Å². The topological polar surface area (TPSA) is 116 Å². The Hall–Kier alpha value is -3.53. The van der Waals surface area contributed by atoms with Gasteiger partial charge in [0.15, 0.2) is 29.6 Å². The number of aliphatic carboxylic acids is 1. The van der Waals surface area contributed by atoms with Crippen molar-refractivity contribution in [2.45, 2.75) is 6.92 Å². The molecule has 0 radical (unpaired) electrons. The standard InChI is InChI=1S/C22H23BrN2O7/c1-4-8-31-17-7-6-15(11-18(17)29-3)22(28)25-24-12-14-9-16(23)21(32-13-20(26)27)19(10-14)30-5-2/h4,6-7,9-12H,1,5,8,13H2,2-3H3,(H,25,28)(H,26,27)/b24-12+. The second-order valence-electron chi connectivity index (χ2n) is 6.11. The summed E-state index contributed by atoms with van der Waals surface area (Å²) in [5, 5.41) is 12.8. The van der Waals surface area contributed by atoms with Gasteiger partial charge < -0.3 is 24.1 Å². The number of carboxylic acid groups (broad SMARTS) is 1. The molecule has 170 valence electrons. The number of nitrogens with zero attached hydrogens (tertiary/aromatic N) is 1. The zero-order valence-electron chi connectivity index (χ0n) is 17.6. The predicted octanol–water partition coefficient (Wildman–Crippen LogP) is 3.65. The lowest BCUT2D eigenvalue weighted by Gasteiger charge is -2.13. The number of ether oxygens (including phenoxy) is 4. The van der Waals surface area contributed by atoms with Crippen molar-refractivity contribution in [2.75, 3.05) is 26.9 Å². The normalized spacial score (nSPS) is 10.5. The number of carboxylic acids is 1. The number of carbonyl (C=O) groups is 2. The zero-order chi connectivity index (χ0) is 23.5. The van der Waals surface area contributed by atoms with Crippen molar-refractivity contribution in [3.63, 3.8) is 0 Å². The molecule has 2 aromatic rings. The van der Waals surface area contributed by atoms with E-state index >= 15 is 0 Å². The second kappa shape index (κ2) is 12.4. The van der Waals surface area contributed by atoms with Crippen LogP contribution in [-0.2, 0) is 4.79 Å². The van der Waals surface area contributed by atoms with Gasteiger partial charge in [0, 0.05) is 5.56 Å². The molecule has 0 heterocycles. The first-order chi connectivity index (χ1) is 15.4.